The highest BCUT2D eigenvalue weighted by Crippen LogP contribution is 2.38. The summed E-state index contributed by atoms with van der Waals surface area (Å²) in [5.74, 6) is -1.49. The SMILES string of the molecule is CC1CC(Nc2ncc3nc(Nc4c(F)cc(Cl)cc4F)n(C4CCC(C(N)=O)CC4)c3n2)CCO1. The molecule has 0 radical (unpaired) electrons. The number of aromatic nitrogens is 4. The van der Waals surface area contributed by atoms with Crippen molar-refractivity contribution in [1.29, 1.82) is 0 Å². The van der Waals surface area contributed by atoms with Crippen molar-refractivity contribution >= 4 is 46.3 Å². The van der Waals surface area contributed by atoms with Crippen LogP contribution in [0.2, 0.25) is 5.02 Å². The van der Waals surface area contributed by atoms with Crippen molar-refractivity contribution in [2.75, 3.05) is 17.2 Å². The molecule has 2 fully saturated rings. The van der Waals surface area contributed by atoms with Crippen molar-refractivity contribution in [2.24, 2.45) is 11.7 Å². The predicted octanol–water partition coefficient (Wildman–Crippen LogP) is 4.70. The monoisotopic (exact) mass is 519 g/mol. The maximum atomic E-state index is 14.6. The van der Waals surface area contributed by atoms with E-state index in [1.165, 1.54) is 0 Å². The first-order valence-electron chi connectivity index (χ1n) is 12.1. The standard InChI is InChI=1S/C24H28ClF2N7O2/c1-12-8-15(6-7-36-12)30-23-29-11-19-22(33-23)34(16-4-2-13(3-5-16)21(28)35)24(31-19)32-20-17(26)9-14(25)10-18(20)27/h9-13,15-16H,2-8H2,1H3,(H2,28,35)(H,31,32)(H,29,30,33). The molecule has 192 valence electrons. The topological polar surface area (TPSA) is 120 Å². The highest BCUT2D eigenvalue weighted by atomic mass is 35.5. The van der Waals surface area contributed by atoms with Crippen LogP contribution in [-0.4, -0.2) is 44.2 Å². The van der Waals surface area contributed by atoms with Crippen molar-refractivity contribution in [3.63, 3.8) is 0 Å². The number of hydrogen-bond donors (Lipinski definition) is 3. The average Bonchev–Trinajstić information content (AvgIpc) is 3.18. The Morgan fingerprint density at radius 1 is 1.17 bits per heavy atom. The average molecular weight is 520 g/mol. The number of rotatable bonds is 6. The van der Waals surface area contributed by atoms with E-state index in [-0.39, 0.29) is 46.7 Å². The summed E-state index contributed by atoms with van der Waals surface area (Å²) in [7, 11) is 0. The van der Waals surface area contributed by atoms with Crippen molar-refractivity contribution in [1.82, 2.24) is 19.5 Å². The summed E-state index contributed by atoms with van der Waals surface area (Å²) in [5, 5.41) is 6.15. The molecule has 0 bridgehead atoms. The Kier molecular flexibility index (Phi) is 6.94. The molecule has 36 heavy (non-hydrogen) atoms. The van der Waals surface area contributed by atoms with Crippen molar-refractivity contribution in [3.05, 3.63) is 35.0 Å². The fraction of sp³-hybridized carbons (Fsp3) is 0.500. The number of benzene rings is 1. The van der Waals surface area contributed by atoms with E-state index in [4.69, 9.17) is 27.1 Å². The molecule has 2 aliphatic rings. The Bertz CT molecular complexity index is 1260. The molecule has 1 aliphatic heterocycles. The van der Waals surface area contributed by atoms with Crippen LogP contribution in [0.3, 0.4) is 0 Å². The van der Waals surface area contributed by atoms with Gasteiger partial charge in [-0.25, -0.2) is 18.7 Å². The van der Waals surface area contributed by atoms with E-state index in [0.717, 1.165) is 25.0 Å². The number of anilines is 3. The van der Waals surface area contributed by atoms with Crippen LogP contribution in [0.1, 0.15) is 51.5 Å². The molecule has 1 aromatic carbocycles. The van der Waals surface area contributed by atoms with Crippen LogP contribution in [0.4, 0.5) is 26.4 Å². The Morgan fingerprint density at radius 2 is 1.89 bits per heavy atom. The van der Waals surface area contributed by atoms with Gasteiger partial charge in [0, 0.05) is 29.6 Å². The minimum absolute atomic E-state index is 0.0437. The fourth-order valence-electron chi connectivity index (χ4n) is 5.10. The number of carbonyl (C=O) groups excluding carboxylic acids is 1. The number of nitrogens with zero attached hydrogens (tertiary/aromatic N) is 4. The maximum Gasteiger partial charge on any atom is 0.224 e. The van der Waals surface area contributed by atoms with E-state index in [2.05, 4.69) is 20.6 Å². The Morgan fingerprint density at radius 3 is 2.56 bits per heavy atom. The van der Waals surface area contributed by atoms with Gasteiger partial charge in [-0.1, -0.05) is 11.6 Å². The van der Waals surface area contributed by atoms with Crippen molar-refractivity contribution < 1.29 is 18.3 Å². The van der Waals surface area contributed by atoms with Crippen LogP contribution in [0.25, 0.3) is 11.2 Å². The number of fused-ring (bicyclic) bond motifs is 1. The lowest BCUT2D eigenvalue weighted by molar-refractivity contribution is -0.122. The number of imidazole rings is 1. The normalized spacial score (nSPS) is 24.6. The van der Waals surface area contributed by atoms with Crippen LogP contribution >= 0.6 is 11.6 Å². The molecule has 12 heteroatoms. The van der Waals surface area contributed by atoms with Crippen molar-refractivity contribution in [3.8, 4) is 0 Å². The van der Waals surface area contributed by atoms with Gasteiger partial charge in [0.15, 0.2) is 17.3 Å². The summed E-state index contributed by atoms with van der Waals surface area (Å²) in [6.45, 7) is 2.69. The van der Waals surface area contributed by atoms with Gasteiger partial charge in [-0.2, -0.15) is 4.98 Å². The summed E-state index contributed by atoms with van der Waals surface area (Å²) >= 11 is 5.79. The fourth-order valence-corrected chi connectivity index (χ4v) is 5.29. The van der Waals surface area contributed by atoms with E-state index >= 15 is 0 Å². The van der Waals surface area contributed by atoms with Crippen molar-refractivity contribution in [2.45, 2.75) is 63.6 Å². The lowest BCUT2D eigenvalue weighted by Crippen LogP contribution is -2.33. The molecule has 1 saturated carbocycles. The van der Waals surface area contributed by atoms with Gasteiger partial charge in [-0.3, -0.25) is 9.36 Å². The highest BCUT2D eigenvalue weighted by Gasteiger charge is 2.30. The third-order valence-corrected chi connectivity index (χ3v) is 7.18. The molecule has 3 aromatic rings. The molecular formula is C24H28ClF2N7O2. The third-order valence-electron chi connectivity index (χ3n) is 6.96. The molecule has 0 spiro atoms. The van der Waals surface area contributed by atoms with Crippen LogP contribution in [0.15, 0.2) is 18.3 Å². The summed E-state index contributed by atoms with van der Waals surface area (Å²) in [6, 6.07) is 2.14. The molecular weight excluding hydrogens is 492 g/mol. The van der Waals surface area contributed by atoms with Crippen LogP contribution in [0.5, 0.6) is 0 Å². The minimum Gasteiger partial charge on any atom is -0.378 e. The summed E-state index contributed by atoms with van der Waals surface area (Å²) < 4.78 is 36.7. The van der Waals surface area contributed by atoms with Gasteiger partial charge in [-0.15, -0.1) is 0 Å². The van der Waals surface area contributed by atoms with Gasteiger partial charge >= 0.3 is 0 Å². The number of ether oxygens (including phenoxy) is 1. The molecule has 2 unspecified atom stereocenters. The van der Waals surface area contributed by atoms with E-state index < -0.39 is 11.6 Å². The van der Waals surface area contributed by atoms with Gasteiger partial charge in [0.2, 0.25) is 17.8 Å². The molecule has 3 heterocycles. The molecule has 4 N–H and O–H groups in total. The number of carbonyl (C=O) groups is 1. The van der Waals surface area contributed by atoms with E-state index in [1.807, 2.05) is 11.5 Å². The zero-order chi connectivity index (χ0) is 25.4. The zero-order valence-corrected chi connectivity index (χ0v) is 20.6. The number of halogens is 3. The van der Waals surface area contributed by atoms with E-state index in [9.17, 15) is 13.6 Å². The largest absolute Gasteiger partial charge is 0.378 e. The molecule has 1 saturated heterocycles. The smallest absolute Gasteiger partial charge is 0.224 e. The van der Waals surface area contributed by atoms with E-state index in [0.29, 0.717) is 49.4 Å². The second-order valence-corrected chi connectivity index (χ2v) is 9.97. The van der Waals surface area contributed by atoms with E-state index in [1.54, 1.807) is 6.20 Å². The van der Waals surface area contributed by atoms with Gasteiger partial charge in [0.1, 0.15) is 11.2 Å². The van der Waals surface area contributed by atoms with Gasteiger partial charge in [-0.05, 0) is 57.6 Å². The lowest BCUT2D eigenvalue weighted by atomic mass is 9.85. The van der Waals surface area contributed by atoms with Gasteiger partial charge in [0.05, 0.1) is 12.3 Å². The Balaban J connectivity index is 1.51. The van der Waals surface area contributed by atoms with Gasteiger partial charge < -0.3 is 21.1 Å². The highest BCUT2D eigenvalue weighted by molar-refractivity contribution is 6.30. The Labute approximate surface area is 211 Å². The van der Waals surface area contributed by atoms with Gasteiger partial charge in [0.25, 0.3) is 0 Å². The summed E-state index contributed by atoms with van der Waals surface area (Å²) in [4.78, 5) is 25.4. The summed E-state index contributed by atoms with van der Waals surface area (Å²) in [6.07, 6.45) is 5.92. The zero-order valence-electron chi connectivity index (χ0n) is 19.8. The Hall–Kier alpha value is -3.05. The lowest BCUT2D eigenvalue weighted by Gasteiger charge is -2.29. The number of nitrogens with two attached hydrogens (primary N) is 1. The first kappa shape index (κ1) is 24.6. The molecule has 9 nitrogen and oxygen atoms in total. The first-order valence-corrected chi connectivity index (χ1v) is 12.5. The number of primary amides is 1. The quantitative estimate of drug-likeness (QED) is 0.432. The molecule has 2 aromatic heterocycles. The third kappa shape index (κ3) is 5.08. The summed E-state index contributed by atoms with van der Waals surface area (Å²) in [5.41, 5.74) is 6.17. The van der Waals surface area contributed by atoms with Crippen LogP contribution in [0, 0.1) is 17.6 Å². The number of nitrogens with one attached hydrogen (secondary N) is 2. The molecule has 1 aliphatic carbocycles. The number of amides is 1. The minimum atomic E-state index is -0.835. The second-order valence-electron chi connectivity index (χ2n) is 9.53. The van der Waals surface area contributed by atoms with Crippen LogP contribution < -0.4 is 16.4 Å². The first-order chi connectivity index (χ1) is 17.3. The predicted molar refractivity (Wildman–Crippen MR) is 132 cm³/mol. The molecule has 5 rings (SSSR count). The number of hydrogen-bond acceptors (Lipinski definition) is 7. The second kappa shape index (κ2) is 10.1. The maximum absolute atomic E-state index is 14.6. The molecule has 1 amide bonds. The molecule has 2 atom stereocenters. The van der Waals surface area contributed by atoms with Crippen LogP contribution in [-0.2, 0) is 9.53 Å².